The molecule has 0 aliphatic heterocycles. The third-order valence-electron chi connectivity index (χ3n) is 3.17. The fourth-order valence-corrected chi connectivity index (χ4v) is 2.02. The number of hydrogen-bond acceptors (Lipinski definition) is 2. The Kier molecular flexibility index (Phi) is 2.70. The third-order valence-corrected chi connectivity index (χ3v) is 3.17. The molecule has 1 aliphatic carbocycles. The molecule has 0 heterocycles. The van der Waals surface area contributed by atoms with Gasteiger partial charge in [0, 0.05) is 0 Å². The fourth-order valence-electron chi connectivity index (χ4n) is 2.02. The SMILES string of the molecule is COc1cc(C)c(C(O)C2CC2)cc1C. The van der Waals surface area contributed by atoms with E-state index in [2.05, 4.69) is 6.07 Å². The van der Waals surface area contributed by atoms with Crippen LogP contribution in [0.3, 0.4) is 0 Å². The van der Waals surface area contributed by atoms with Crippen LogP contribution in [-0.4, -0.2) is 12.2 Å². The molecule has 1 unspecified atom stereocenters. The van der Waals surface area contributed by atoms with Crippen LogP contribution in [0.1, 0.15) is 35.6 Å². The maximum absolute atomic E-state index is 10.1. The molecular weight excluding hydrogens is 188 g/mol. The van der Waals surface area contributed by atoms with E-state index in [1.165, 1.54) is 0 Å². The third kappa shape index (κ3) is 2.00. The zero-order valence-electron chi connectivity index (χ0n) is 9.58. The quantitative estimate of drug-likeness (QED) is 0.824. The molecule has 0 saturated heterocycles. The first-order valence-electron chi connectivity index (χ1n) is 5.46. The summed E-state index contributed by atoms with van der Waals surface area (Å²) in [4.78, 5) is 0. The molecule has 1 atom stereocenters. The van der Waals surface area contributed by atoms with Gasteiger partial charge in [-0.1, -0.05) is 0 Å². The fraction of sp³-hybridized carbons (Fsp3) is 0.538. The molecule has 0 bridgehead atoms. The van der Waals surface area contributed by atoms with Gasteiger partial charge in [-0.25, -0.2) is 0 Å². The largest absolute Gasteiger partial charge is 0.496 e. The van der Waals surface area contributed by atoms with E-state index in [-0.39, 0.29) is 6.10 Å². The summed E-state index contributed by atoms with van der Waals surface area (Å²) in [5, 5.41) is 10.1. The average molecular weight is 206 g/mol. The Hall–Kier alpha value is -1.02. The number of benzene rings is 1. The molecule has 0 radical (unpaired) electrons. The van der Waals surface area contributed by atoms with Crippen molar-refractivity contribution in [3.8, 4) is 5.75 Å². The van der Waals surface area contributed by atoms with Gasteiger partial charge in [0.2, 0.25) is 0 Å². The molecule has 0 amide bonds. The molecule has 1 fully saturated rings. The van der Waals surface area contributed by atoms with E-state index in [1.807, 2.05) is 19.9 Å². The van der Waals surface area contributed by atoms with Crippen molar-refractivity contribution in [1.82, 2.24) is 0 Å². The summed E-state index contributed by atoms with van der Waals surface area (Å²) < 4.78 is 5.26. The van der Waals surface area contributed by atoms with E-state index >= 15 is 0 Å². The topological polar surface area (TPSA) is 29.5 Å². The summed E-state index contributed by atoms with van der Waals surface area (Å²) >= 11 is 0. The highest BCUT2D eigenvalue weighted by Gasteiger charge is 2.31. The van der Waals surface area contributed by atoms with Crippen molar-refractivity contribution in [2.75, 3.05) is 7.11 Å². The second-order valence-electron chi connectivity index (χ2n) is 4.46. The summed E-state index contributed by atoms with van der Waals surface area (Å²) in [6.45, 7) is 4.05. The molecule has 0 spiro atoms. The van der Waals surface area contributed by atoms with E-state index in [0.717, 1.165) is 35.3 Å². The standard InChI is InChI=1S/C13H18O2/c1-8-7-12(15-3)9(2)6-11(8)13(14)10-4-5-10/h6-7,10,13-14H,4-5H2,1-3H3. The lowest BCUT2D eigenvalue weighted by Gasteiger charge is -2.15. The maximum atomic E-state index is 10.1. The van der Waals surface area contributed by atoms with Crippen molar-refractivity contribution in [3.05, 3.63) is 28.8 Å². The summed E-state index contributed by atoms with van der Waals surface area (Å²) in [6, 6.07) is 4.06. The molecule has 2 rings (SSSR count). The maximum Gasteiger partial charge on any atom is 0.122 e. The molecule has 1 N–H and O–H groups in total. The van der Waals surface area contributed by atoms with E-state index in [4.69, 9.17) is 4.74 Å². The van der Waals surface area contributed by atoms with Gasteiger partial charge in [-0.15, -0.1) is 0 Å². The molecule has 82 valence electrons. The van der Waals surface area contributed by atoms with Crippen molar-refractivity contribution in [2.45, 2.75) is 32.8 Å². The smallest absolute Gasteiger partial charge is 0.122 e. The van der Waals surface area contributed by atoms with Gasteiger partial charge in [0.05, 0.1) is 13.2 Å². The number of hydrogen-bond donors (Lipinski definition) is 1. The molecule has 1 aliphatic rings. The predicted octanol–water partition coefficient (Wildman–Crippen LogP) is 2.76. The lowest BCUT2D eigenvalue weighted by molar-refractivity contribution is 0.153. The minimum Gasteiger partial charge on any atom is -0.496 e. The first-order chi connectivity index (χ1) is 7.13. The van der Waals surface area contributed by atoms with Gasteiger partial charge in [-0.3, -0.25) is 0 Å². The van der Waals surface area contributed by atoms with E-state index < -0.39 is 0 Å². The van der Waals surface area contributed by atoms with E-state index in [9.17, 15) is 5.11 Å². The van der Waals surface area contributed by atoms with Crippen LogP contribution < -0.4 is 4.74 Å². The van der Waals surface area contributed by atoms with Crippen molar-refractivity contribution < 1.29 is 9.84 Å². The highest BCUT2D eigenvalue weighted by Crippen LogP contribution is 2.42. The van der Waals surface area contributed by atoms with Crippen LogP contribution >= 0.6 is 0 Å². The lowest BCUT2D eigenvalue weighted by atomic mass is 9.97. The Morgan fingerprint density at radius 3 is 2.47 bits per heavy atom. The zero-order valence-corrected chi connectivity index (χ0v) is 9.58. The first-order valence-corrected chi connectivity index (χ1v) is 5.46. The summed E-state index contributed by atoms with van der Waals surface area (Å²) in [6.07, 6.45) is 2.03. The van der Waals surface area contributed by atoms with Crippen LogP contribution in [0.4, 0.5) is 0 Å². The minimum absolute atomic E-state index is 0.283. The molecule has 15 heavy (non-hydrogen) atoms. The minimum atomic E-state index is -0.283. The monoisotopic (exact) mass is 206 g/mol. The summed E-state index contributed by atoms with van der Waals surface area (Å²) in [5.41, 5.74) is 3.28. The molecule has 0 aromatic heterocycles. The highest BCUT2D eigenvalue weighted by molar-refractivity contribution is 5.42. The summed E-state index contributed by atoms with van der Waals surface area (Å²) in [7, 11) is 1.68. The Bertz CT molecular complexity index is 367. The molecule has 1 aromatic carbocycles. The Balaban J connectivity index is 2.34. The van der Waals surface area contributed by atoms with Gasteiger partial charge in [-0.2, -0.15) is 0 Å². The van der Waals surface area contributed by atoms with Gasteiger partial charge in [0.1, 0.15) is 5.75 Å². The van der Waals surface area contributed by atoms with Crippen LogP contribution in [0.15, 0.2) is 12.1 Å². The van der Waals surface area contributed by atoms with Gasteiger partial charge in [0.25, 0.3) is 0 Å². The van der Waals surface area contributed by atoms with Crippen LogP contribution in [0.5, 0.6) is 5.75 Å². The van der Waals surface area contributed by atoms with Crippen LogP contribution in [0.2, 0.25) is 0 Å². The number of ether oxygens (including phenoxy) is 1. The Morgan fingerprint density at radius 2 is 1.93 bits per heavy atom. The number of aryl methyl sites for hydroxylation is 2. The Morgan fingerprint density at radius 1 is 1.27 bits per heavy atom. The van der Waals surface area contributed by atoms with Crippen molar-refractivity contribution >= 4 is 0 Å². The van der Waals surface area contributed by atoms with Gasteiger partial charge in [-0.05, 0) is 61.4 Å². The normalized spacial score (nSPS) is 17.6. The number of aliphatic hydroxyl groups is 1. The number of rotatable bonds is 3. The van der Waals surface area contributed by atoms with Crippen molar-refractivity contribution in [2.24, 2.45) is 5.92 Å². The zero-order chi connectivity index (χ0) is 11.0. The first kappa shape index (κ1) is 10.5. The van der Waals surface area contributed by atoms with E-state index in [1.54, 1.807) is 7.11 Å². The molecule has 1 saturated carbocycles. The van der Waals surface area contributed by atoms with Crippen LogP contribution in [-0.2, 0) is 0 Å². The van der Waals surface area contributed by atoms with Gasteiger partial charge in [0.15, 0.2) is 0 Å². The van der Waals surface area contributed by atoms with Gasteiger partial charge >= 0.3 is 0 Å². The second kappa shape index (κ2) is 3.86. The molecule has 2 heteroatoms. The number of methoxy groups -OCH3 is 1. The van der Waals surface area contributed by atoms with E-state index in [0.29, 0.717) is 5.92 Å². The lowest BCUT2D eigenvalue weighted by Crippen LogP contribution is -2.03. The predicted molar refractivity (Wildman–Crippen MR) is 60.2 cm³/mol. The van der Waals surface area contributed by atoms with Gasteiger partial charge < -0.3 is 9.84 Å². The number of aliphatic hydroxyl groups excluding tert-OH is 1. The van der Waals surface area contributed by atoms with Crippen LogP contribution in [0, 0.1) is 19.8 Å². The Labute approximate surface area is 90.9 Å². The average Bonchev–Trinajstić information content (AvgIpc) is 3.03. The molecular formula is C13H18O2. The summed E-state index contributed by atoms with van der Waals surface area (Å²) in [5.74, 6) is 1.38. The van der Waals surface area contributed by atoms with Crippen molar-refractivity contribution in [3.63, 3.8) is 0 Å². The van der Waals surface area contributed by atoms with Crippen LogP contribution in [0.25, 0.3) is 0 Å². The highest BCUT2D eigenvalue weighted by atomic mass is 16.5. The molecule has 2 nitrogen and oxygen atoms in total. The second-order valence-corrected chi connectivity index (χ2v) is 4.46. The molecule has 1 aromatic rings. The van der Waals surface area contributed by atoms with Crippen molar-refractivity contribution in [1.29, 1.82) is 0 Å².